The van der Waals surface area contributed by atoms with Crippen LogP contribution in [0.2, 0.25) is 0 Å². The number of carbonyl (C=O) groups is 1. The van der Waals surface area contributed by atoms with Crippen molar-refractivity contribution in [2.45, 2.75) is 44.8 Å². The molecule has 0 saturated carbocycles. The van der Waals surface area contributed by atoms with Gasteiger partial charge in [0.05, 0.1) is 18.8 Å². The molecular weight excluding hydrogens is 208 g/mol. The summed E-state index contributed by atoms with van der Waals surface area (Å²) < 4.78 is 4.77. The van der Waals surface area contributed by atoms with Crippen LogP contribution in [0.5, 0.6) is 0 Å². The number of aliphatic hydroxyl groups excluding tert-OH is 1. The minimum atomic E-state index is -0.530. The van der Waals surface area contributed by atoms with Gasteiger partial charge < -0.3 is 20.9 Å². The van der Waals surface area contributed by atoms with Gasteiger partial charge in [-0.05, 0) is 12.8 Å². The lowest BCUT2D eigenvalue weighted by Gasteiger charge is -2.13. The smallest absolute Gasteiger partial charge is 0.236 e. The van der Waals surface area contributed by atoms with E-state index in [1.165, 1.54) is 7.11 Å². The lowest BCUT2D eigenvalue weighted by Crippen LogP contribution is -2.41. The first kappa shape index (κ1) is 15.3. The van der Waals surface area contributed by atoms with E-state index in [0.29, 0.717) is 19.4 Å². The molecule has 0 aliphatic carbocycles. The number of nitrogens with two attached hydrogens (primary N) is 1. The molecular formula is C11H24N2O3. The number of methoxy groups -OCH3 is 1. The van der Waals surface area contributed by atoms with Crippen LogP contribution in [-0.4, -0.2) is 43.4 Å². The molecule has 0 saturated heterocycles. The van der Waals surface area contributed by atoms with Gasteiger partial charge in [-0.15, -0.1) is 0 Å². The third-order valence-electron chi connectivity index (χ3n) is 2.34. The van der Waals surface area contributed by atoms with E-state index in [4.69, 9.17) is 10.5 Å². The van der Waals surface area contributed by atoms with Crippen molar-refractivity contribution in [3.05, 3.63) is 0 Å². The lowest BCUT2D eigenvalue weighted by atomic mass is 10.1. The van der Waals surface area contributed by atoms with Crippen molar-refractivity contribution in [1.29, 1.82) is 0 Å². The van der Waals surface area contributed by atoms with Gasteiger partial charge in [0.2, 0.25) is 5.91 Å². The highest BCUT2D eigenvalue weighted by atomic mass is 16.5. The van der Waals surface area contributed by atoms with Gasteiger partial charge in [-0.3, -0.25) is 4.79 Å². The summed E-state index contributed by atoms with van der Waals surface area (Å²) in [6, 6.07) is -0.431. The van der Waals surface area contributed by atoms with Crippen LogP contribution in [0.15, 0.2) is 0 Å². The summed E-state index contributed by atoms with van der Waals surface area (Å²) in [5.41, 5.74) is 5.68. The second-order valence-corrected chi connectivity index (χ2v) is 3.94. The van der Waals surface area contributed by atoms with Crippen molar-refractivity contribution in [1.82, 2.24) is 5.32 Å². The molecule has 2 unspecified atom stereocenters. The van der Waals surface area contributed by atoms with Crippen molar-refractivity contribution < 1.29 is 14.6 Å². The van der Waals surface area contributed by atoms with E-state index < -0.39 is 12.1 Å². The second-order valence-electron chi connectivity index (χ2n) is 3.94. The van der Waals surface area contributed by atoms with Crippen molar-refractivity contribution in [2.75, 3.05) is 20.3 Å². The van der Waals surface area contributed by atoms with Gasteiger partial charge in [-0.25, -0.2) is 0 Å². The van der Waals surface area contributed by atoms with Gasteiger partial charge in [0.15, 0.2) is 0 Å². The van der Waals surface area contributed by atoms with E-state index in [9.17, 15) is 9.90 Å². The normalized spacial score (nSPS) is 14.5. The summed E-state index contributed by atoms with van der Waals surface area (Å²) in [6.07, 6.45) is 2.66. The molecule has 0 aliphatic rings. The van der Waals surface area contributed by atoms with Crippen LogP contribution in [-0.2, 0) is 9.53 Å². The molecule has 16 heavy (non-hydrogen) atoms. The van der Waals surface area contributed by atoms with E-state index in [1.807, 2.05) is 0 Å². The fraction of sp³-hybridized carbons (Fsp3) is 0.909. The highest BCUT2D eigenvalue weighted by molar-refractivity contribution is 5.81. The molecule has 4 N–H and O–H groups in total. The summed E-state index contributed by atoms with van der Waals surface area (Å²) in [6.45, 7) is 2.78. The zero-order valence-electron chi connectivity index (χ0n) is 10.2. The van der Waals surface area contributed by atoms with Crippen molar-refractivity contribution >= 4 is 5.91 Å². The SMILES string of the molecule is CCCCC(N)C(=O)NCCC(O)COC. The summed E-state index contributed by atoms with van der Waals surface area (Å²) >= 11 is 0. The molecule has 2 atom stereocenters. The molecule has 0 rings (SSSR count). The van der Waals surface area contributed by atoms with E-state index >= 15 is 0 Å². The largest absolute Gasteiger partial charge is 0.391 e. The third-order valence-corrected chi connectivity index (χ3v) is 2.34. The summed E-state index contributed by atoms with van der Waals surface area (Å²) in [7, 11) is 1.53. The lowest BCUT2D eigenvalue weighted by molar-refractivity contribution is -0.122. The Morgan fingerprint density at radius 2 is 2.19 bits per heavy atom. The van der Waals surface area contributed by atoms with E-state index in [0.717, 1.165) is 12.8 Å². The molecule has 0 heterocycles. The number of carbonyl (C=O) groups excluding carboxylic acids is 1. The predicted molar refractivity (Wildman–Crippen MR) is 63.0 cm³/mol. The summed E-state index contributed by atoms with van der Waals surface area (Å²) in [5.74, 6) is -0.141. The maximum absolute atomic E-state index is 11.4. The average Bonchev–Trinajstić information content (AvgIpc) is 2.26. The maximum Gasteiger partial charge on any atom is 0.236 e. The van der Waals surface area contributed by atoms with Crippen LogP contribution in [0, 0.1) is 0 Å². The fourth-order valence-electron chi connectivity index (χ4n) is 1.32. The third kappa shape index (κ3) is 7.62. The quantitative estimate of drug-likeness (QED) is 0.523. The number of hydrogen-bond donors (Lipinski definition) is 3. The average molecular weight is 232 g/mol. The minimum absolute atomic E-state index is 0.141. The fourth-order valence-corrected chi connectivity index (χ4v) is 1.32. The number of ether oxygens (including phenoxy) is 1. The first-order chi connectivity index (χ1) is 7.61. The van der Waals surface area contributed by atoms with Crippen LogP contribution in [0.4, 0.5) is 0 Å². The number of unbranched alkanes of at least 4 members (excludes halogenated alkanes) is 1. The molecule has 0 aromatic heterocycles. The zero-order chi connectivity index (χ0) is 12.4. The first-order valence-electron chi connectivity index (χ1n) is 5.82. The van der Waals surface area contributed by atoms with Gasteiger partial charge in [0, 0.05) is 13.7 Å². The molecule has 5 nitrogen and oxygen atoms in total. The molecule has 1 amide bonds. The minimum Gasteiger partial charge on any atom is -0.391 e. The number of hydrogen-bond acceptors (Lipinski definition) is 4. The zero-order valence-corrected chi connectivity index (χ0v) is 10.2. The van der Waals surface area contributed by atoms with Crippen LogP contribution in [0.1, 0.15) is 32.6 Å². The topological polar surface area (TPSA) is 84.6 Å². The standard InChI is InChI=1S/C11H24N2O3/c1-3-4-5-10(12)11(15)13-7-6-9(14)8-16-2/h9-10,14H,3-8,12H2,1-2H3,(H,13,15). The molecule has 0 radical (unpaired) electrons. The molecule has 5 heteroatoms. The predicted octanol–water partition coefficient (Wildman–Crippen LogP) is 0.0175. The van der Waals surface area contributed by atoms with Crippen LogP contribution < -0.4 is 11.1 Å². The highest BCUT2D eigenvalue weighted by Gasteiger charge is 2.12. The molecule has 0 spiro atoms. The van der Waals surface area contributed by atoms with Crippen molar-refractivity contribution in [3.8, 4) is 0 Å². The molecule has 96 valence electrons. The Morgan fingerprint density at radius 3 is 2.75 bits per heavy atom. The second kappa shape index (κ2) is 9.57. The van der Waals surface area contributed by atoms with E-state index in [-0.39, 0.29) is 12.5 Å². The van der Waals surface area contributed by atoms with Crippen molar-refractivity contribution in [3.63, 3.8) is 0 Å². The van der Waals surface area contributed by atoms with Crippen molar-refractivity contribution in [2.24, 2.45) is 5.73 Å². The number of nitrogens with one attached hydrogen (secondary N) is 1. The van der Waals surface area contributed by atoms with Crippen LogP contribution in [0.25, 0.3) is 0 Å². The van der Waals surface area contributed by atoms with Crippen LogP contribution >= 0.6 is 0 Å². The summed E-state index contributed by atoms with van der Waals surface area (Å²) in [4.78, 5) is 11.4. The van der Waals surface area contributed by atoms with Crippen LogP contribution in [0.3, 0.4) is 0 Å². The summed E-state index contributed by atoms with van der Waals surface area (Å²) in [5, 5.41) is 12.0. The van der Waals surface area contributed by atoms with Gasteiger partial charge >= 0.3 is 0 Å². The monoisotopic (exact) mass is 232 g/mol. The Balaban J connectivity index is 3.56. The Morgan fingerprint density at radius 1 is 1.50 bits per heavy atom. The number of aliphatic hydroxyl groups is 1. The maximum atomic E-state index is 11.4. The van der Waals surface area contributed by atoms with Gasteiger partial charge in [-0.1, -0.05) is 19.8 Å². The number of amides is 1. The van der Waals surface area contributed by atoms with Gasteiger partial charge in [0.25, 0.3) is 0 Å². The Labute approximate surface area is 97.3 Å². The van der Waals surface area contributed by atoms with Gasteiger partial charge in [-0.2, -0.15) is 0 Å². The number of rotatable bonds is 9. The van der Waals surface area contributed by atoms with Gasteiger partial charge in [0.1, 0.15) is 0 Å². The van der Waals surface area contributed by atoms with E-state index in [2.05, 4.69) is 12.2 Å². The Kier molecular flexibility index (Phi) is 9.18. The molecule has 0 aliphatic heterocycles. The molecule has 0 aromatic rings. The molecule has 0 aromatic carbocycles. The Bertz CT molecular complexity index is 188. The molecule has 0 fully saturated rings. The Hall–Kier alpha value is -0.650. The first-order valence-corrected chi connectivity index (χ1v) is 5.82. The molecule has 0 bridgehead atoms. The highest BCUT2D eigenvalue weighted by Crippen LogP contribution is 1.98. The van der Waals surface area contributed by atoms with E-state index in [1.54, 1.807) is 0 Å².